The Hall–Kier alpha value is -1.02. The molecule has 0 saturated heterocycles. The second-order valence-corrected chi connectivity index (χ2v) is 5.50. The van der Waals surface area contributed by atoms with Gasteiger partial charge < -0.3 is 10.2 Å². The molecular formula is C14H20O2. The number of phenols is 1. The Morgan fingerprint density at radius 2 is 2.12 bits per heavy atom. The lowest BCUT2D eigenvalue weighted by Crippen LogP contribution is -2.32. The van der Waals surface area contributed by atoms with Crippen LogP contribution >= 0.6 is 0 Å². The lowest BCUT2D eigenvalue weighted by atomic mass is 9.70. The molecule has 0 saturated carbocycles. The summed E-state index contributed by atoms with van der Waals surface area (Å²) < 4.78 is 0. The molecule has 0 bridgehead atoms. The first-order valence-electron chi connectivity index (χ1n) is 5.95. The number of aryl methyl sites for hydroxylation is 1. The lowest BCUT2D eigenvalue weighted by molar-refractivity contribution is 0.0870. The highest BCUT2D eigenvalue weighted by molar-refractivity contribution is 5.41. The topological polar surface area (TPSA) is 40.5 Å². The number of phenolic OH excluding ortho intramolecular Hbond substituents is 1. The Kier molecular flexibility index (Phi) is 2.94. The average Bonchev–Trinajstić information content (AvgIpc) is 2.29. The third kappa shape index (κ3) is 1.94. The molecule has 2 nitrogen and oxygen atoms in total. The summed E-state index contributed by atoms with van der Waals surface area (Å²) in [6.45, 7) is 4.41. The molecule has 1 atom stereocenters. The zero-order valence-corrected chi connectivity index (χ0v) is 10.0. The fraction of sp³-hybridized carbons (Fsp3) is 0.571. The maximum Gasteiger partial charge on any atom is 0.119 e. The molecule has 1 aromatic rings. The van der Waals surface area contributed by atoms with Crippen LogP contribution in [0.4, 0.5) is 0 Å². The molecule has 0 amide bonds. The van der Waals surface area contributed by atoms with Gasteiger partial charge in [-0.15, -0.1) is 0 Å². The summed E-state index contributed by atoms with van der Waals surface area (Å²) in [6.07, 6.45) is 3.00. The zero-order valence-electron chi connectivity index (χ0n) is 10.0. The van der Waals surface area contributed by atoms with E-state index < -0.39 is 0 Å². The van der Waals surface area contributed by atoms with E-state index in [1.54, 1.807) is 6.07 Å². The summed E-state index contributed by atoms with van der Waals surface area (Å²) in [5.41, 5.74) is 2.30. The van der Waals surface area contributed by atoms with Crippen LogP contribution in [0.3, 0.4) is 0 Å². The highest BCUT2D eigenvalue weighted by atomic mass is 16.3. The first-order valence-corrected chi connectivity index (χ1v) is 5.95. The monoisotopic (exact) mass is 220 g/mol. The first-order chi connectivity index (χ1) is 7.54. The van der Waals surface area contributed by atoms with Crippen molar-refractivity contribution in [2.75, 3.05) is 6.61 Å². The standard InChI is InChI=1S/C14H20O2/c1-14(2,9-15)11-7-6-10-4-3-5-13(16)12(10)8-11/h3-5,11,15-16H,6-9H2,1-2H3. The summed E-state index contributed by atoms with van der Waals surface area (Å²) in [5.74, 6) is 0.870. The summed E-state index contributed by atoms with van der Waals surface area (Å²) >= 11 is 0. The predicted molar refractivity (Wildman–Crippen MR) is 64.5 cm³/mol. The van der Waals surface area contributed by atoms with E-state index in [4.69, 9.17) is 0 Å². The van der Waals surface area contributed by atoms with Gasteiger partial charge in [-0.2, -0.15) is 0 Å². The van der Waals surface area contributed by atoms with Gasteiger partial charge >= 0.3 is 0 Å². The predicted octanol–water partition coefficient (Wildman–Crippen LogP) is 2.52. The number of benzene rings is 1. The largest absolute Gasteiger partial charge is 0.508 e. The second-order valence-electron chi connectivity index (χ2n) is 5.50. The summed E-state index contributed by atoms with van der Waals surface area (Å²) in [4.78, 5) is 0. The van der Waals surface area contributed by atoms with Gasteiger partial charge in [-0.3, -0.25) is 0 Å². The Morgan fingerprint density at radius 1 is 1.38 bits per heavy atom. The number of aliphatic hydroxyl groups excluding tert-OH is 1. The van der Waals surface area contributed by atoms with Crippen molar-refractivity contribution in [3.63, 3.8) is 0 Å². The number of rotatable bonds is 2. The molecule has 2 N–H and O–H groups in total. The van der Waals surface area contributed by atoms with E-state index in [0.717, 1.165) is 24.8 Å². The molecule has 88 valence electrons. The maximum absolute atomic E-state index is 9.85. The van der Waals surface area contributed by atoms with E-state index in [9.17, 15) is 10.2 Å². The Balaban J connectivity index is 2.27. The quantitative estimate of drug-likeness (QED) is 0.804. The molecule has 0 fully saturated rings. The van der Waals surface area contributed by atoms with Gasteiger partial charge in [0.1, 0.15) is 5.75 Å². The highest BCUT2D eigenvalue weighted by Gasteiger charge is 2.32. The van der Waals surface area contributed by atoms with Gasteiger partial charge in [0.2, 0.25) is 0 Å². The van der Waals surface area contributed by atoms with E-state index in [-0.39, 0.29) is 12.0 Å². The van der Waals surface area contributed by atoms with Crippen LogP contribution in [0, 0.1) is 11.3 Å². The molecular weight excluding hydrogens is 200 g/mol. The molecule has 0 radical (unpaired) electrons. The van der Waals surface area contributed by atoms with Crippen molar-refractivity contribution >= 4 is 0 Å². The molecule has 0 heterocycles. The third-order valence-corrected chi connectivity index (χ3v) is 3.97. The van der Waals surface area contributed by atoms with Crippen LogP contribution < -0.4 is 0 Å². The van der Waals surface area contributed by atoms with Gasteiger partial charge in [-0.05, 0) is 47.8 Å². The molecule has 1 aliphatic rings. The van der Waals surface area contributed by atoms with Gasteiger partial charge in [-0.25, -0.2) is 0 Å². The maximum atomic E-state index is 9.85. The van der Waals surface area contributed by atoms with Crippen molar-refractivity contribution < 1.29 is 10.2 Å². The van der Waals surface area contributed by atoms with E-state index in [1.165, 1.54) is 5.56 Å². The highest BCUT2D eigenvalue weighted by Crippen LogP contribution is 2.39. The van der Waals surface area contributed by atoms with E-state index >= 15 is 0 Å². The van der Waals surface area contributed by atoms with E-state index in [0.29, 0.717) is 11.7 Å². The normalized spacial score (nSPS) is 20.6. The molecule has 0 aromatic heterocycles. The minimum atomic E-state index is -0.0556. The van der Waals surface area contributed by atoms with Crippen molar-refractivity contribution in [2.45, 2.75) is 33.1 Å². The minimum Gasteiger partial charge on any atom is -0.508 e. The first kappa shape index (κ1) is 11.5. The second kappa shape index (κ2) is 4.10. The molecule has 1 aliphatic carbocycles. The van der Waals surface area contributed by atoms with Crippen LogP contribution in [0.15, 0.2) is 18.2 Å². The van der Waals surface area contributed by atoms with Gasteiger partial charge in [0.25, 0.3) is 0 Å². The Bertz CT molecular complexity index is 382. The van der Waals surface area contributed by atoms with Crippen LogP contribution in [-0.2, 0) is 12.8 Å². The van der Waals surface area contributed by atoms with Crippen LogP contribution in [0.5, 0.6) is 5.75 Å². The SMILES string of the molecule is CC(C)(CO)C1CCc2cccc(O)c2C1. The number of hydrogen-bond acceptors (Lipinski definition) is 2. The molecule has 16 heavy (non-hydrogen) atoms. The Morgan fingerprint density at radius 3 is 2.81 bits per heavy atom. The average molecular weight is 220 g/mol. The molecule has 1 unspecified atom stereocenters. The summed E-state index contributed by atoms with van der Waals surface area (Å²) in [7, 11) is 0. The minimum absolute atomic E-state index is 0.0556. The van der Waals surface area contributed by atoms with Crippen LogP contribution in [0.25, 0.3) is 0 Å². The number of aromatic hydroxyl groups is 1. The molecule has 0 spiro atoms. The number of aliphatic hydroxyl groups is 1. The fourth-order valence-electron chi connectivity index (χ4n) is 2.57. The van der Waals surface area contributed by atoms with Crippen molar-refractivity contribution in [3.8, 4) is 5.75 Å². The van der Waals surface area contributed by atoms with Crippen LogP contribution in [-0.4, -0.2) is 16.8 Å². The van der Waals surface area contributed by atoms with Crippen molar-refractivity contribution in [1.82, 2.24) is 0 Å². The summed E-state index contributed by atoms with van der Waals surface area (Å²) in [6, 6.07) is 5.76. The molecule has 2 heteroatoms. The van der Waals surface area contributed by atoms with Gasteiger partial charge in [0.05, 0.1) is 0 Å². The van der Waals surface area contributed by atoms with Crippen molar-refractivity contribution in [1.29, 1.82) is 0 Å². The molecule has 0 aliphatic heterocycles. The van der Waals surface area contributed by atoms with Crippen molar-refractivity contribution in [3.05, 3.63) is 29.3 Å². The summed E-state index contributed by atoms with van der Waals surface area (Å²) in [5, 5.41) is 19.3. The van der Waals surface area contributed by atoms with Gasteiger partial charge in [-0.1, -0.05) is 26.0 Å². The van der Waals surface area contributed by atoms with Crippen LogP contribution in [0.1, 0.15) is 31.4 Å². The zero-order chi connectivity index (χ0) is 11.8. The van der Waals surface area contributed by atoms with Gasteiger partial charge in [0.15, 0.2) is 0 Å². The van der Waals surface area contributed by atoms with Gasteiger partial charge in [0, 0.05) is 6.61 Å². The third-order valence-electron chi connectivity index (χ3n) is 3.97. The molecule has 1 aromatic carbocycles. The Labute approximate surface area is 96.9 Å². The smallest absolute Gasteiger partial charge is 0.119 e. The molecule has 2 rings (SSSR count). The fourth-order valence-corrected chi connectivity index (χ4v) is 2.57. The van der Waals surface area contributed by atoms with Crippen molar-refractivity contribution in [2.24, 2.45) is 11.3 Å². The number of fused-ring (bicyclic) bond motifs is 1. The van der Waals surface area contributed by atoms with Crippen LogP contribution in [0.2, 0.25) is 0 Å². The number of hydrogen-bond donors (Lipinski definition) is 2. The lowest BCUT2D eigenvalue weighted by Gasteiger charge is -2.36. The van der Waals surface area contributed by atoms with E-state index in [2.05, 4.69) is 19.9 Å². The van der Waals surface area contributed by atoms with E-state index in [1.807, 2.05) is 6.07 Å².